The smallest absolute Gasteiger partial charge is 0.339 e. The van der Waals surface area contributed by atoms with Gasteiger partial charge in [-0.25, -0.2) is 0 Å². The Balaban J connectivity index is 2.45. The quantitative estimate of drug-likeness (QED) is 0.471. The molecule has 0 aromatic carbocycles. The van der Waals surface area contributed by atoms with Crippen LogP contribution >= 0.6 is 0 Å². The zero-order valence-corrected chi connectivity index (χ0v) is 13.4. The van der Waals surface area contributed by atoms with Gasteiger partial charge in [0, 0.05) is 0 Å². The number of rotatable bonds is 5. The van der Waals surface area contributed by atoms with Crippen molar-refractivity contribution in [3.05, 3.63) is 64.2 Å². The fourth-order valence-electron chi connectivity index (χ4n) is 2.20. The van der Waals surface area contributed by atoms with Gasteiger partial charge in [-0.1, -0.05) is 17.4 Å². The van der Waals surface area contributed by atoms with Gasteiger partial charge >= 0.3 is 5.08 Å². The Bertz CT molecular complexity index is 775. The lowest BCUT2D eigenvalue weighted by Gasteiger charge is -2.16. The molecule has 0 saturated carbocycles. The van der Waals surface area contributed by atoms with E-state index in [0.717, 1.165) is 11.1 Å². The van der Waals surface area contributed by atoms with Crippen molar-refractivity contribution in [2.75, 3.05) is 13.2 Å². The first-order valence-electron chi connectivity index (χ1n) is 7.40. The highest BCUT2D eigenvalue weighted by Gasteiger charge is 2.18. The zero-order chi connectivity index (χ0) is 17.4. The second kappa shape index (κ2) is 8.33. The van der Waals surface area contributed by atoms with Gasteiger partial charge in [0.25, 0.3) is 5.39 Å². The Morgan fingerprint density at radius 1 is 0.958 bits per heavy atom. The molecule has 0 atom stereocenters. The van der Waals surface area contributed by atoms with E-state index >= 15 is 0 Å². The number of ether oxygens (including phenoxy) is 2. The van der Waals surface area contributed by atoms with E-state index in [1.165, 1.54) is 0 Å². The third-order valence-corrected chi connectivity index (χ3v) is 3.16. The largest absolute Gasteiger partial charge is 0.492 e. The minimum atomic E-state index is 0.438. The molecule has 2 rings (SSSR count). The average molecular weight is 325 g/mol. The summed E-state index contributed by atoms with van der Waals surface area (Å²) in [6.45, 7) is 4.67. The molecule has 24 heavy (non-hydrogen) atoms. The van der Waals surface area contributed by atoms with Crippen LogP contribution in [0.2, 0.25) is 0 Å². The van der Waals surface area contributed by atoms with Crippen LogP contribution in [0.25, 0.3) is 5.08 Å². The van der Waals surface area contributed by atoms with Crippen LogP contribution in [0, 0.1) is 10.9 Å². The van der Waals surface area contributed by atoms with Crippen LogP contribution in [0.5, 0.6) is 0 Å². The highest BCUT2D eigenvalue weighted by Crippen LogP contribution is 2.24. The molecule has 0 unspecified atom stereocenters. The maximum atomic E-state index is 8.63. The minimum Gasteiger partial charge on any atom is -0.492 e. The molecular formula is C16H17N6O2+. The summed E-state index contributed by atoms with van der Waals surface area (Å²) in [4.78, 5) is 0. The fraction of sp³-hybridized carbons (Fsp3) is 0.250. The first-order chi connectivity index (χ1) is 11.7. The summed E-state index contributed by atoms with van der Waals surface area (Å²) in [7, 11) is 0. The summed E-state index contributed by atoms with van der Waals surface area (Å²) in [5, 5.41) is 21.8. The summed E-state index contributed by atoms with van der Waals surface area (Å²) < 4.78 is 11.1. The van der Waals surface area contributed by atoms with Gasteiger partial charge in [0.1, 0.15) is 11.5 Å². The zero-order valence-electron chi connectivity index (χ0n) is 13.4. The maximum absolute atomic E-state index is 8.63. The topological polar surface area (TPSA) is 108 Å². The summed E-state index contributed by atoms with van der Waals surface area (Å²) in [5.74, 6) is 1.06. The molecule has 8 heteroatoms. The number of hydrogen-bond acceptors (Lipinski definition) is 6. The number of diazo groups is 1. The first kappa shape index (κ1) is 17.0. The average Bonchev–Trinajstić information content (AvgIpc) is 2.59. The number of hydrogen-bond donors (Lipinski definition) is 1. The molecule has 2 aliphatic carbocycles. The highest BCUT2D eigenvalue weighted by molar-refractivity contribution is 6.10. The van der Waals surface area contributed by atoms with Crippen molar-refractivity contribution in [3.63, 3.8) is 0 Å². The molecule has 122 valence electrons. The molecule has 0 saturated heterocycles. The Hall–Kier alpha value is -3.34. The van der Waals surface area contributed by atoms with E-state index < -0.39 is 0 Å². The van der Waals surface area contributed by atoms with E-state index in [1.54, 1.807) is 12.2 Å². The standard InChI is InChI=1S/C16H17N6O2/c1-3-23-15-9-11(5-7-13(15)19-21-17)12-6-8-14(20-22-18)16(10-12)24-4-2/h5-10,17H,3-4H2,1-2H3/q+1. The van der Waals surface area contributed by atoms with Crippen molar-refractivity contribution < 1.29 is 9.47 Å². The van der Waals surface area contributed by atoms with Crippen LogP contribution in [-0.4, -0.2) is 24.6 Å². The molecule has 0 radical (unpaired) electrons. The Labute approximate surface area is 139 Å². The van der Waals surface area contributed by atoms with Crippen LogP contribution in [-0.2, 0) is 9.47 Å². The molecule has 0 bridgehead atoms. The Kier molecular flexibility index (Phi) is 5.91. The third-order valence-electron chi connectivity index (χ3n) is 3.16. The second-order valence-electron chi connectivity index (χ2n) is 4.62. The van der Waals surface area contributed by atoms with Gasteiger partial charge in [-0.3, -0.25) is 0 Å². The molecule has 0 amide bonds. The molecule has 8 nitrogen and oxygen atoms in total. The molecule has 0 heterocycles. The van der Waals surface area contributed by atoms with Gasteiger partial charge in [0.2, 0.25) is 0 Å². The van der Waals surface area contributed by atoms with E-state index in [-0.39, 0.29) is 0 Å². The summed E-state index contributed by atoms with van der Waals surface area (Å²) in [6.07, 6.45) is 10.8. The van der Waals surface area contributed by atoms with Crippen molar-refractivity contribution >= 4 is 11.4 Å². The predicted octanol–water partition coefficient (Wildman–Crippen LogP) is 3.86. The number of nitrogens with one attached hydrogen (secondary N) is 1. The minimum absolute atomic E-state index is 0.438. The van der Waals surface area contributed by atoms with Crippen molar-refractivity contribution in [1.29, 1.82) is 10.9 Å². The van der Waals surface area contributed by atoms with Crippen LogP contribution in [0.4, 0.5) is 0 Å². The van der Waals surface area contributed by atoms with Gasteiger partial charge in [-0.05, 0) is 49.3 Å². The van der Waals surface area contributed by atoms with Gasteiger partial charge in [0.15, 0.2) is 16.6 Å². The van der Waals surface area contributed by atoms with Crippen LogP contribution in [0.3, 0.4) is 0 Å². The molecule has 0 aromatic heterocycles. The normalized spacial score (nSPS) is 22.9. The maximum Gasteiger partial charge on any atom is 0.339 e. The van der Waals surface area contributed by atoms with Crippen molar-refractivity contribution in [2.24, 2.45) is 15.4 Å². The molecule has 2 aliphatic rings. The van der Waals surface area contributed by atoms with Crippen molar-refractivity contribution in [3.8, 4) is 0 Å². The lowest BCUT2D eigenvalue weighted by Crippen LogP contribution is -2.10. The summed E-state index contributed by atoms with van der Waals surface area (Å²) in [5.41, 5.74) is 9.57. The SMILES string of the molecule is CCOC1=CC(=C2C=CC(=N[N+]#N)C(OCC)=C2)C=CC1=NN=N. The van der Waals surface area contributed by atoms with Crippen LogP contribution in [0.15, 0.2) is 74.5 Å². The molecule has 0 spiro atoms. The molecule has 0 aromatic rings. The van der Waals surface area contributed by atoms with E-state index in [4.69, 9.17) is 20.4 Å². The number of allylic oxidation sites excluding steroid dienone is 8. The van der Waals surface area contributed by atoms with E-state index in [1.807, 2.05) is 38.2 Å². The number of nitrogens with zero attached hydrogens (tertiary/aromatic N) is 5. The molecule has 0 aliphatic heterocycles. The highest BCUT2D eigenvalue weighted by atomic mass is 16.5. The molecule has 1 N–H and O–H groups in total. The van der Waals surface area contributed by atoms with Gasteiger partial charge < -0.3 is 9.47 Å². The predicted molar refractivity (Wildman–Crippen MR) is 89.8 cm³/mol. The van der Waals surface area contributed by atoms with Crippen molar-refractivity contribution in [2.45, 2.75) is 13.8 Å². The second-order valence-corrected chi connectivity index (χ2v) is 4.62. The molecular weight excluding hydrogens is 308 g/mol. The van der Waals surface area contributed by atoms with E-state index in [0.29, 0.717) is 36.2 Å². The van der Waals surface area contributed by atoms with Gasteiger partial charge in [-0.15, -0.1) is 5.10 Å². The summed E-state index contributed by atoms with van der Waals surface area (Å²) in [6, 6.07) is 0. The lowest BCUT2D eigenvalue weighted by molar-refractivity contribution is 0.249. The Morgan fingerprint density at radius 3 is 2.00 bits per heavy atom. The van der Waals surface area contributed by atoms with Crippen LogP contribution < -0.4 is 0 Å². The monoisotopic (exact) mass is 325 g/mol. The fourth-order valence-corrected chi connectivity index (χ4v) is 2.20. The lowest BCUT2D eigenvalue weighted by atomic mass is 9.97. The van der Waals surface area contributed by atoms with Crippen LogP contribution in [0.1, 0.15) is 13.8 Å². The third kappa shape index (κ3) is 3.89. The van der Waals surface area contributed by atoms with Gasteiger partial charge in [0.05, 0.1) is 13.2 Å². The van der Waals surface area contributed by atoms with Gasteiger partial charge in [-0.2, -0.15) is 5.53 Å². The van der Waals surface area contributed by atoms with E-state index in [2.05, 4.69) is 20.5 Å². The van der Waals surface area contributed by atoms with E-state index in [9.17, 15) is 0 Å². The summed E-state index contributed by atoms with van der Waals surface area (Å²) >= 11 is 0. The first-order valence-corrected chi connectivity index (χ1v) is 7.40. The molecule has 0 fully saturated rings. The Morgan fingerprint density at radius 2 is 1.50 bits per heavy atom. The van der Waals surface area contributed by atoms with Crippen molar-refractivity contribution in [1.82, 2.24) is 0 Å².